The molecule has 0 aromatic carbocycles. The molecule has 0 amide bonds. The van der Waals surface area contributed by atoms with Crippen LogP contribution in [0.1, 0.15) is 12.8 Å². The molecule has 0 aromatic rings. The van der Waals surface area contributed by atoms with Gasteiger partial charge in [0.05, 0.1) is 0 Å². The van der Waals surface area contributed by atoms with Crippen LogP contribution in [0.25, 0.3) is 0 Å². The summed E-state index contributed by atoms with van der Waals surface area (Å²) in [5, 5.41) is 0.806. The summed E-state index contributed by atoms with van der Waals surface area (Å²) in [4.78, 5) is 0. The third-order valence-corrected chi connectivity index (χ3v) is 5.55. The standard InChI is InChI=1S/C8H14Cl2Si/c9-7-2-4-1-5(7)8(10)6(4)3-11/h4-8H,1-3H2,11H3. The zero-order valence-corrected chi connectivity index (χ0v) is 10.3. The third-order valence-electron chi connectivity index (χ3n) is 3.46. The minimum atomic E-state index is 0.395. The van der Waals surface area contributed by atoms with E-state index in [1.165, 1.54) is 29.1 Å². The van der Waals surface area contributed by atoms with Crippen molar-refractivity contribution in [3.63, 3.8) is 0 Å². The fourth-order valence-electron chi connectivity index (χ4n) is 2.87. The summed E-state index contributed by atoms with van der Waals surface area (Å²) in [6, 6.07) is 1.37. The van der Waals surface area contributed by atoms with Crippen molar-refractivity contribution in [2.24, 2.45) is 17.8 Å². The Balaban J connectivity index is 2.11. The Bertz CT molecular complexity index is 158. The average molecular weight is 209 g/mol. The number of hydrogen-bond donors (Lipinski definition) is 0. The van der Waals surface area contributed by atoms with Crippen LogP contribution in [0, 0.1) is 17.8 Å². The summed E-state index contributed by atoms with van der Waals surface area (Å²) in [5.74, 6) is 2.34. The van der Waals surface area contributed by atoms with Crippen LogP contribution >= 0.6 is 23.2 Å². The quantitative estimate of drug-likeness (QED) is 0.455. The maximum absolute atomic E-state index is 6.31. The molecule has 3 heteroatoms. The van der Waals surface area contributed by atoms with E-state index in [2.05, 4.69) is 0 Å². The molecule has 0 N–H and O–H groups in total. The number of fused-ring (bicyclic) bond motifs is 2. The van der Waals surface area contributed by atoms with Gasteiger partial charge in [0.15, 0.2) is 0 Å². The molecule has 0 nitrogen and oxygen atoms in total. The predicted octanol–water partition coefficient (Wildman–Crippen LogP) is 1.64. The van der Waals surface area contributed by atoms with Crippen LogP contribution in [0.5, 0.6) is 0 Å². The highest BCUT2D eigenvalue weighted by molar-refractivity contribution is 6.25. The van der Waals surface area contributed by atoms with Gasteiger partial charge in [-0.15, -0.1) is 23.2 Å². The van der Waals surface area contributed by atoms with Gasteiger partial charge in [0.25, 0.3) is 0 Å². The van der Waals surface area contributed by atoms with Gasteiger partial charge >= 0.3 is 0 Å². The highest BCUT2D eigenvalue weighted by atomic mass is 35.5. The van der Waals surface area contributed by atoms with Gasteiger partial charge in [0, 0.05) is 21.0 Å². The lowest BCUT2D eigenvalue weighted by molar-refractivity contribution is 0.370. The SMILES string of the molecule is [SiH3]CC1C2CC(Cl)C(C2)C1Cl. The van der Waals surface area contributed by atoms with Gasteiger partial charge in [-0.25, -0.2) is 0 Å². The van der Waals surface area contributed by atoms with Gasteiger partial charge in [-0.3, -0.25) is 0 Å². The summed E-state index contributed by atoms with van der Waals surface area (Å²) in [6.07, 6.45) is 2.55. The number of halogens is 2. The molecule has 2 bridgehead atoms. The molecule has 5 atom stereocenters. The molecule has 0 radical (unpaired) electrons. The van der Waals surface area contributed by atoms with Gasteiger partial charge in [0.1, 0.15) is 0 Å². The maximum Gasteiger partial charge on any atom is 0.0406 e. The zero-order valence-electron chi connectivity index (χ0n) is 6.76. The Morgan fingerprint density at radius 2 is 2.00 bits per heavy atom. The Morgan fingerprint density at radius 3 is 2.45 bits per heavy atom. The number of alkyl halides is 2. The molecule has 64 valence electrons. The molecule has 0 spiro atoms. The lowest BCUT2D eigenvalue weighted by Crippen LogP contribution is -2.28. The van der Waals surface area contributed by atoms with Crippen LogP contribution in [0.3, 0.4) is 0 Å². The van der Waals surface area contributed by atoms with Crippen molar-refractivity contribution in [1.29, 1.82) is 0 Å². The largest absolute Gasteiger partial charge is 0.123 e. The third kappa shape index (κ3) is 1.16. The van der Waals surface area contributed by atoms with Gasteiger partial charge in [0.2, 0.25) is 0 Å². The maximum atomic E-state index is 6.31. The van der Waals surface area contributed by atoms with E-state index < -0.39 is 0 Å². The first kappa shape index (κ1) is 8.40. The molecule has 2 rings (SSSR count). The van der Waals surface area contributed by atoms with Gasteiger partial charge in [-0.2, -0.15) is 0 Å². The molecule has 2 saturated carbocycles. The van der Waals surface area contributed by atoms with E-state index in [9.17, 15) is 0 Å². The topological polar surface area (TPSA) is 0 Å². The van der Waals surface area contributed by atoms with Gasteiger partial charge < -0.3 is 0 Å². The summed E-state index contributed by atoms with van der Waals surface area (Å²) >= 11 is 12.5. The van der Waals surface area contributed by atoms with Crippen molar-refractivity contribution in [1.82, 2.24) is 0 Å². The molecule has 0 heterocycles. The Kier molecular flexibility index (Phi) is 2.24. The second-order valence-corrected chi connectivity index (χ2v) is 5.81. The highest BCUT2D eigenvalue weighted by Crippen LogP contribution is 2.53. The summed E-state index contributed by atoms with van der Waals surface area (Å²) in [5.41, 5.74) is 0. The van der Waals surface area contributed by atoms with E-state index in [0.717, 1.165) is 11.8 Å². The van der Waals surface area contributed by atoms with Crippen molar-refractivity contribution in [3.05, 3.63) is 0 Å². The molecular weight excluding hydrogens is 195 g/mol. The minimum absolute atomic E-state index is 0.395. The van der Waals surface area contributed by atoms with Crippen LogP contribution in [-0.4, -0.2) is 21.0 Å². The monoisotopic (exact) mass is 208 g/mol. The molecule has 0 saturated heterocycles. The Hall–Kier alpha value is 0.797. The van der Waals surface area contributed by atoms with Crippen molar-refractivity contribution in [2.45, 2.75) is 29.6 Å². The van der Waals surface area contributed by atoms with Crippen LogP contribution in [0.4, 0.5) is 0 Å². The van der Waals surface area contributed by atoms with Crippen LogP contribution in [0.15, 0.2) is 0 Å². The Labute approximate surface area is 81.1 Å². The second kappa shape index (κ2) is 2.93. The minimum Gasteiger partial charge on any atom is -0.123 e. The molecular formula is C8H14Cl2Si. The Morgan fingerprint density at radius 1 is 1.27 bits per heavy atom. The normalized spacial score (nSPS) is 55.6. The van der Waals surface area contributed by atoms with Crippen LogP contribution in [-0.2, 0) is 0 Å². The molecule has 2 aliphatic rings. The molecule has 5 unspecified atom stereocenters. The second-order valence-electron chi connectivity index (χ2n) is 3.93. The van der Waals surface area contributed by atoms with E-state index in [1.807, 2.05) is 0 Å². The van der Waals surface area contributed by atoms with Crippen LogP contribution in [0.2, 0.25) is 6.04 Å². The smallest absolute Gasteiger partial charge is 0.0406 e. The lowest BCUT2D eigenvalue weighted by atomic mass is 9.89. The molecule has 0 aromatic heterocycles. The summed E-state index contributed by atoms with van der Waals surface area (Å²) in [6.45, 7) is 0. The van der Waals surface area contributed by atoms with E-state index in [1.54, 1.807) is 0 Å². The first-order valence-corrected chi connectivity index (χ1v) is 6.81. The molecule has 2 aliphatic carbocycles. The molecule has 11 heavy (non-hydrogen) atoms. The summed E-state index contributed by atoms with van der Waals surface area (Å²) < 4.78 is 0. The average Bonchev–Trinajstić information content (AvgIpc) is 2.44. The molecule has 0 aliphatic heterocycles. The van der Waals surface area contributed by atoms with Crippen molar-refractivity contribution in [2.75, 3.05) is 0 Å². The highest BCUT2D eigenvalue weighted by Gasteiger charge is 2.50. The molecule has 2 fully saturated rings. The summed E-state index contributed by atoms with van der Waals surface area (Å²) in [7, 11) is 1.30. The zero-order chi connectivity index (χ0) is 8.01. The first-order valence-electron chi connectivity index (χ1n) is 4.52. The first-order chi connectivity index (χ1) is 5.24. The van der Waals surface area contributed by atoms with Crippen molar-refractivity contribution >= 4 is 33.4 Å². The van der Waals surface area contributed by atoms with Gasteiger partial charge in [-0.05, 0) is 30.6 Å². The van der Waals surface area contributed by atoms with Crippen molar-refractivity contribution in [3.8, 4) is 0 Å². The fraction of sp³-hybridized carbons (Fsp3) is 1.00. The van der Waals surface area contributed by atoms with E-state index in [-0.39, 0.29) is 0 Å². The lowest BCUT2D eigenvalue weighted by Gasteiger charge is -2.28. The van der Waals surface area contributed by atoms with E-state index in [4.69, 9.17) is 23.2 Å². The predicted molar refractivity (Wildman–Crippen MR) is 53.7 cm³/mol. The fourth-order valence-corrected chi connectivity index (χ4v) is 5.57. The number of hydrogen-bond acceptors (Lipinski definition) is 0. The van der Waals surface area contributed by atoms with E-state index in [0.29, 0.717) is 16.7 Å². The van der Waals surface area contributed by atoms with Gasteiger partial charge in [-0.1, -0.05) is 6.04 Å². The number of rotatable bonds is 1. The van der Waals surface area contributed by atoms with E-state index >= 15 is 0 Å². The van der Waals surface area contributed by atoms with Crippen LogP contribution < -0.4 is 0 Å². The van der Waals surface area contributed by atoms with Crippen molar-refractivity contribution < 1.29 is 0 Å².